The van der Waals surface area contributed by atoms with Crippen molar-refractivity contribution in [2.24, 2.45) is 5.92 Å². The molecule has 5 nitrogen and oxygen atoms in total. The molecule has 1 fully saturated rings. The molecule has 0 saturated carbocycles. The highest BCUT2D eigenvalue weighted by atomic mass is 32.2. The van der Waals surface area contributed by atoms with Crippen molar-refractivity contribution in [1.82, 2.24) is 4.31 Å². The van der Waals surface area contributed by atoms with E-state index in [-0.39, 0.29) is 6.61 Å². The van der Waals surface area contributed by atoms with Crippen molar-refractivity contribution < 1.29 is 18.3 Å². The van der Waals surface area contributed by atoms with Crippen LogP contribution >= 0.6 is 0 Å². The zero-order chi connectivity index (χ0) is 15.3. The number of nitrogens with zero attached hydrogens (tertiary/aromatic N) is 1. The first-order valence-corrected chi connectivity index (χ1v) is 8.82. The van der Waals surface area contributed by atoms with E-state index in [1.807, 2.05) is 0 Å². The molecule has 21 heavy (non-hydrogen) atoms. The fourth-order valence-corrected chi connectivity index (χ4v) is 3.81. The second-order valence-corrected chi connectivity index (χ2v) is 7.42. The van der Waals surface area contributed by atoms with Gasteiger partial charge in [-0.2, -0.15) is 4.31 Å². The Kier molecular flexibility index (Phi) is 5.61. The first-order valence-electron chi connectivity index (χ1n) is 7.38. The van der Waals surface area contributed by atoms with Gasteiger partial charge in [-0.1, -0.05) is 6.92 Å². The predicted octanol–water partition coefficient (Wildman–Crippen LogP) is 1.87. The lowest BCUT2D eigenvalue weighted by Crippen LogP contribution is -2.37. The second kappa shape index (κ2) is 7.24. The van der Waals surface area contributed by atoms with Crippen LogP contribution in [-0.2, 0) is 10.0 Å². The Bertz CT molecular complexity index is 533. The number of benzene rings is 1. The summed E-state index contributed by atoms with van der Waals surface area (Å²) in [5.41, 5.74) is 0. The molecule has 1 aliphatic rings. The summed E-state index contributed by atoms with van der Waals surface area (Å²) in [6, 6.07) is 6.50. The predicted molar refractivity (Wildman–Crippen MR) is 80.8 cm³/mol. The number of hydrogen-bond donors (Lipinski definition) is 1. The van der Waals surface area contributed by atoms with E-state index in [0.29, 0.717) is 42.7 Å². The van der Waals surface area contributed by atoms with Crippen LogP contribution in [-0.4, -0.2) is 44.1 Å². The number of hydrogen-bond acceptors (Lipinski definition) is 4. The Balaban J connectivity index is 2.03. The molecule has 0 radical (unpaired) electrons. The number of rotatable bonds is 6. The van der Waals surface area contributed by atoms with E-state index in [2.05, 4.69) is 6.92 Å². The Morgan fingerprint density at radius 1 is 1.24 bits per heavy atom. The molecule has 6 heteroatoms. The third kappa shape index (κ3) is 4.18. The summed E-state index contributed by atoms with van der Waals surface area (Å²) in [5.74, 6) is 1.22. The standard InChI is InChI=1S/C15H23NO4S/c1-13-7-9-16(10-8-13)21(18,19)15-5-3-14(4-6-15)20-12-2-11-17/h3-6,13,17H,2,7-12H2,1H3. The van der Waals surface area contributed by atoms with Crippen LogP contribution in [0.25, 0.3) is 0 Å². The topological polar surface area (TPSA) is 66.8 Å². The number of aliphatic hydroxyl groups excluding tert-OH is 1. The van der Waals surface area contributed by atoms with Gasteiger partial charge in [-0.25, -0.2) is 8.42 Å². The largest absolute Gasteiger partial charge is 0.494 e. The molecule has 1 aromatic rings. The zero-order valence-electron chi connectivity index (χ0n) is 12.4. The Hall–Kier alpha value is -1.11. The van der Waals surface area contributed by atoms with Crippen molar-refractivity contribution in [2.75, 3.05) is 26.3 Å². The Labute approximate surface area is 126 Å². The molecule has 0 bridgehead atoms. The smallest absolute Gasteiger partial charge is 0.243 e. The summed E-state index contributed by atoms with van der Waals surface area (Å²) in [6.45, 7) is 3.85. The summed E-state index contributed by atoms with van der Waals surface area (Å²) in [7, 11) is -3.39. The molecule has 0 amide bonds. The van der Waals surface area contributed by atoms with Crippen molar-refractivity contribution >= 4 is 10.0 Å². The number of aliphatic hydroxyl groups is 1. The lowest BCUT2D eigenvalue weighted by atomic mass is 10.0. The normalized spacial score (nSPS) is 17.8. The van der Waals surface area contributed by atoms with Crippen LogP contribution in [0.15, 0.2) is 29.2 Å². The summed E-state index contributed by atoms with van der Waals surface area (Å²) in [4.78, 5) is 0.312. The quantitative estimate of drug-likeness (QED) is 0.814. The molecular weight excluding hydrogens is 290 g/mol. The molecule has 1 heterocycles. The lowest BCUT2D eigenvalue weighted by molar-refractivity contribution is 0.233. The molecule has 118 valence electrons. The van der Waals surface area contributed by atoms with Crippen molar-refractivity contribution in [1.29, 1.82) is 0 Å². The van der Waals surface area contributed by atoms with Gasteiger partial charge in [0.2, 0.25) is 10.0 Å². The summed E-state index contributed by atoms with van der Waals surface area (Å²) < 4.78 is 32.0. The van der Waals surface area contributed by atoms with Crippen LogP contribution in [0.2, 0.25) is 0 Å². The van der Waals surface area contributed by atoms with Gasteiger partial charge in [-0.05, 0) is 43.0 Å². The van der Waals surface area contributed by atoms with Gasteiger partial charge in [-0.15, -0.1) is 0 Å². The molecule has 0 aromatic heterocycles. The summed E-state index contributed by atoms with van der Waals surface area (Å²) in [5, 5.41) is 8.69. The molecule has 1 N–H and O–H groups in total. The minimum atomic E-state index is -3.39. The number of ether oxygens (including phenoxy) is 1. The molecular formula is C15H23NO4S. The monoisotopic (exact) mass is 313 g/mol. The van der Waals surface area contributed by atoms with Gasteiger partial charge in [0.1, 0.15) is 5.75 Å². The van der Waals surface area contributed by atoms with Gasteiger partial charge in [0.25, 0.3) is 0 Å². The maximum Gasteiger partial charge on any atom is 0.243 e. The van der Waals surface area contributed by atoms with Gasteiger partial charge >= 0.3 is 0 Å². The molecule has 0 unspecified atom stereocenters. The first kappa shape index (κ1) is 16.3. The zero-order valence-corrected chi connectivity index (χ0v) is 13.2. The van der Waals surface area contributed by atoms with Gasteiger partial charge in [-0.3, -0.25) is 0 Å². The lowest BCUT2D eigenvalue weighted by Gasteiger charge is -2.29. The highest BCUT2D eigenvalue weighted by Crippen LogP contribution is 2.24. The minimum Gasteiger partial charge on any atom is -0.494 e. The maximum atomic E-state index is 12.5. The average molecular weight is 313 g/mol. The summed E-state index contributed by atoms with van der Waals surface area (Å²) >= 11 is 0. The van der Waals surface area contributed by atoms with Gasteiger partial charge in [0.15, 0.2) is 0 Å². The van der Waals surface area contributed by atoms with E-state index in [1.165, 1.54) is 0 Å². The van der Waals surface area contributed by atoms with Gasteiger partial charge in [0, 0.05) is 26.1 Å². The molecule has 1 aromatic carbocycles. The Morgan fingerprint density at radius 2 is 1.86 bits per heavy atom. The van der Waals surface area contributed by atoms with E-state index in [9.17, 15) is 8.42 Å². The molecule has 1 saturated heterocycles. The highest BCUT2D eigenvalue weighted by Gasteiger charge is 2.27. The van der Waals surface area contributed by atoms with Gasteiger partial charge in [0.05, 0.1) is 11.5 Å². The first-order chi connectivity index (χ1) is 10.0. The number of sulfonamides is 1. The van der Waals surface area contributed by atoms with Crippen molar-refractivity contribution in [3.63, 3.8) is 0 Å². The third-order valence-corrected chi connectivity index (χ3v) is 5.69. The van der Waals surface area contributed by atoms with Crippen molar-refractivity contribution in [3.05, 3.63) is 24.3 Å². The fourth-order valence-electron chi connectivity index (χ4n) is 2.34. The van der Waals surface area contributed by atoms with Crippen molar-refractivity contribution in [3.8, 4) is 5.75 Å². The van der Waals surface area contributed by atoms with Crippen molar-refractivity contribution in [2.45, 2.75) is 31.1 Å². The van der Waals surface area contributed by atoms with Crippen LogP contribution in [0.3, 0.4) is 0 Å². The average Bonchev–Trinajstić information content (AvgIpc) is 2.48. The molecule has 0 aliphatic carbocycles. The molecule has 0 atom stereocenters. The van der Waals surface area contributed by atoms with E-state index in [0.717, 1.165) is 12.8 Å². The van der Waals surface area contributed by atoms with Crippen LogP contribution in [0.5, 0.6) is 5.75 Å². The number of piperidine rings is 1. The van der Waals surface area contributed by atoms with E-state index >= 15 is 0 Å². The maximum absolute atomic E-state index is 12.5. The molecule has 2 rings (SSSR count). The fraction of sp³-hybridized carbons (Fsp3) is 0.600. The van der Waals surface area contributed by atoms with Gasteiger partial charge < -0.3 is 9.84 Å². The SMILES string of the molecule is CC1CCN(S(=O)(=O)c2ccc(OCCCO)cc2)CC1. The van der Waals surface area contributed by atoms with E-state index in [1.54, 1.807) is 28.6 Å². The van der Waals surface area contributed by atoms with E-state index in [4.69, 9.17) is 9.84 Å². The van der Waals surface area contributed by atoms with Crippen LogP contribution in [0.1, 0.15) is 26.2 Å². The molecule has 1 aliphatic heterocycles. The Morgan fingerprint density at radius 3 is 2.43 bits per heavy atom. The van der Waals surface area contributed by atoms with Crippen LogP contribution < -0.4 is 4.74 Å². The minimum absolute atomic E-state index is 0.0832. The molecule has 0 spiro atoms. The van der Waals surface area contributed by atoms with E-state index < -0.39 is 10.0 Å². The third-order valence-electron chi connectivity index (χ3n) is 3.78. The van der Waals surface area contributed by atoms with Crippen LogP contribution in [0, 0.1) is 5.92 Å². The second-order valence-electron chi connectivity index (χ2n) is 5.48. The van der Waals surface area contributed by atoms with Crippen LogP contribution in [0.4, 0.5) is 0 Å². The summed E-state index contributed by atoms with van der Waals surface area (Å²) in [6.07, 6.45) is 2.40. The highest BCUT2D eigenvalue weighted by molar-refractivity contribution is 7.89.